The van der Waals surface area contributed by atoms with Crippen LogP contribution < -0.4 is 4.90 Å². The first-order valence-electron chi connectivity index (χ1n) is 8.00. The van der Waals surface area contributed by atoms with E-state index in [1.165, 1.54) is 37.1 Å². The topological polar surface area (TPSA) is 37.0 Å². The smallest absolute Gasteiger partial charge is 0.124 e. The molecule has 1 aliphatic heterocycles. The molecular formula is C19H23N2O+. The number of nitrogens with one attached hydrogen (secondary N) is 1. The summed E-state index contributed by atoms with van der Waals surface area (Å²) in [5, 5.41) is 9.69. The lowest BCUT2D eigenvalue weighted by Crippen LogP contribution is -3.08. The van der Waals surface area contributed by atoms with Gasteiger partial charge in [-0.3, -0.25) is 4.99 Å². The lowest BCUT2D eigenvalue weighted by Gasteiger charge is -2.11. The Morgan fingerprint density at radius 1 is 0.955 bits per heavy atom. The molecular weight excluding hydrogens is 272 g/mol. The third kappa shape index (κ3) is 3.95. The third-order valence-corrected chi connectivity index (χ3v) is 4.23. The number of para-hydroxylation sites is 1. The van der Waals surface area contributed by atoms with Gasteiger partial charge in [-0.25, -0.2) is 0 Å². The number of likely N-dealkylation sites (tertiary alicyclic amines) is 1. The normalized spacial score (nSPS) is 15.6. The fourth-order valence-corrected chi connectivity index (χ4v) is 2.95. The Hall–Kier alpha value is -2.13. The van der Waals surface area contributed by atoms with Crippen LogP contribution in [0.4, 0.5) is 0 Å². The van der Waals surface area contributed by atoms with Crippen LogP contribution in [-0.4, -0.2) is 24.4 Å². The monoisotopic (exact) mass is 295 g/mol. The highest BCUT2D eigenvalue weighted by Crippen LogP contribution is 2.13. The number of benzene rings is 2. The molecule has 1 heterocycles. The fraction of sp³-hybridized carbons (Fsp3) is 0.316. The van der Waals surface area contributed by atoms with Crippen molar-refractivity contribution in [3.8, 4) is 5.75 Å². The molecule has 0 aliphatic carbocycles. The van der Waals surface area contributed by atoms with Gasteiger partial charge in [-0.1, -0.05) is 36.4 Å². The predicted octanol–water partition coefficient (Wildman–Crippen LogP) is 2.19. The molecule has 0 unspecified atom stereocenters. The summed E-state index contributed by atoms with van der Waals surface area (Å²) >= 11 is 0. The number of quaternary nitrogens is 1. The van der Waals surface area contributed by atoms with Crippen LogP contribution in [-0.2, 0) is 13.1 Å². The molecule has 2 N–H and O–H groups in total. The van der Waals surface area contributed by atoms with Crippen molar-refractivity contribution in [1.82, 2.24) is 0 Å². The molecule has 114 valence electrons. The predicted molar refractivity (Wildman–Crippen MR) is 89.5 cm³/mol. The van der Waals surface area contributed by atoms with Crippen molar-refractivity contribution in [2.24, 2.45) is 4.99 Å². The summed E-state index contributed by atoms with van der Waals surface area (Å²) in [6.07, 6.45) is 4.47. The summed E-state index contributed by atoms with van der Waals surface area (Å²) in [5.41, 5.74) is 3.37. The highest BCUT2D eigenvalue weighted by molar-refractivity contribution is 5.83. The SMILES string of the molecule is Oc1ccccc1C=NCc1ccc(C[NH+]2CCCC2)cc1. The van der Waals surface area contributed by atoms with Crippen molar-refractivity contribution >= 4 is 6.21 Å². The minimum absolute atomic E-state index is 0.273. The molecule has 0 atom stereocenters. The van der Waals surface area contributed by atoms with E-state index in [4.69, 9.17) is 0 Å². The number of hydrogen-bond acceptors (Lipinski definition) is 2. The molecule has 1 saturated heterocycles. The second-order valence-electron chi connectivity index (χ2n) is 5.98. The van der Waals surface area contributed by atoms with Crippen LogP contribution in [0.15, 0.2) is 53.5 Å². The van der Waals surface area contributed by atoms with Gasteiger partial charge in [-0.2, -0.15) is 0 Å². The van der Waals surface area contributed by atoms with E-state index in [1.807, 2.05) is 18.2 Å². The van der Waals surface area contributed by atoms with Crippen molar-refractivity contribution in [2.75, 3.05) is 13.1 Å². The van der Waals surface area contributed by atoms with Crippen LogP contribution in [0.3, 0.4) is 0 Å². The van der Waals surface area contributed by atoms with Gasteiger partial charge in [0.25, 0.3) is 0 Å². The minimum Gasteiger partial charge on any atom is -0.507 e. The highest BCUT2D eigenvalue weighted by atomic mass is 16.3. The van der Waals surface area contributed by atoms with Crippen molar-refractivity contribution in [1.29, 1.82) is 0 Å². The van der Waals surface area contributed by atoms with E-state index >= 15 is 0 Å². The summed E-state index contributed by atoms with van der Waals surface area (Å²) < 4.78 is 0. The van der Waals surface area contributed by atoms with Gasteiger partial charge in [0.2, 0.25) is 0 Å². The quantitative estimate of drug-likeness (QED) is 0.815. The Kier molecular flexibility index (Phi) is 4.86. The number of rotatable bonds is 5. The first-order chi connectivity index (χ1) is 10.8. The Morgan fingerprint density at radius 3 is 2.36 bits per heavy atom. The van der Waals surface area contributed by atoms with Gasteiger partial charge in [0.05, 0.1) is 19.6 Å². The lowest BCUT2D eigenvalue weighted by molar-refractivity contribution is -0.901. The molecule has 22 heavy (non-hydrogen) atoms. The Bertz CT molecular complexity index is 628. The van der Waals surface area contributed by atoms with Crippen LogP contribution in [0.5, 0.6) is 5.75 Å². The van der Waals surface area contributed by atoms with Crippen molar-refractivity contribution in [3.63, 3.8) is 0 Å². The molecule has 0 amide bonds. The number of phenols is 1. The summed E-state index contributed by atoms with van der Waals surface area (Å²) in [4.78, 5) is 6.11. The molecule has 2 aromatic carbocycles. The van der Waals surface area contributed by atoms with Gasteiger partial charge >= 0.3 is 0 Å². The van der Waals surface area contributed by atoms with Gasteiger partial charge in [-0.15, -0.1) is 0 Å². The molecule has 1 fully saturated rings. The molecule has 3 rings (SSSR count). The molecule has 0 radical (unpaired) electrons. The maximum absolute atomic E-state index is 9.69. The number of nitrogens with zero attached hydrogens (tertiary/aromatic N) is 1. The summed E-state index contributed by atoms with van der Waals surface area (Å²) in [5.74, 6) is 0.273. The van der Waals surface area contributed by atoms with Crippen molar-refractivity contribution in [3.05, 3.63) is 65.2 Å². The van der Waals surface area contributed by atoms with Crippen LogP contribution >= 0.6 is 0 Å². The average molecular weight is 295 g/mol. The lowest BCUT2D eigenvalue weighted by atomic mass is 10.1. The van der Waals surface area contributed by atoms with Crippen molar-refractivity contribution in [2.45, 2.75) is 25.9 Å². The van der Waals surface area contributed by atoms with E-state index in [2.05, 4.69) is 29.3 Å². The zero-order valence-electron chi connectivity index (χ0n) is 12.8. The first kappa shape index (κ1) is 14.8. The van der Waals surface area contributed by atoms with Gasteiger partial charge in [0.15, 0.2) is 0 Å². The maximum atomic E-state index is 9.69. The maximum Gasteiger partial charge on any atom is 0.124 e. The van der Waals surface area contributed by atoms with E-state index in [-0.39, 0.29) is 5.75 Å². The standard InChI is InChI=1S/C19H22N2O/c22-19-6-2-1-5-18(19)14-20-13-16-7-9-17(10-8-16)15-21-11-3-4-12-21/h1-2,5-10,14,22H,3-4,11-13,15H2/p+1. The molecule has 3 nitrogen and oxygen atoms in total. The number of aliphatic imine (C=N–C) groups is 1. The fourth-order valence-electron chi connectivity index (χ4n) is 2.95. The minimum atomic E-state index is 0.273. The molecule has 0 saturated carbocycles. The second-order valence-corrected chi connectivity index (χ2v) is 5.98. The van der Waals surface area contributed by atoms with E-state index in [0.29, 0.717) is 6.54 Å². The summed E-state index contributed by atoms with van der Waals surface area (Å²) in [7, 11) is 0. The number of hydrogen-bond donors (Lipinski definition) is 2. The van der Waals surface area contributed by atoms with Crippen LogP contribution in [0.2, 0.25) is 0 Å². The Labute approximate surface area is 131 Å². The van der Waals surface area contributed by atoms with E-state index in [1.54, 1.807) is 17.2 Å². The first-order valence-corrected chi connectivity index (χ1v) is 8.00. The largest absolute Gasteiger partial charge is 0.507 e. The van der Waals surface area contributed by atoms with Gasteiger partial charge in [0, 0.05) is 30.2 Å². The van der Waals surface area contributed by atoms with Gasteiger partial charge in [-0.05, 0) is 17.7 Å². The van der Waals surface area contributed by atoms with E-state index in [9.17, 15) is 5.11 Å². The Morgan fingerprint density at radius 2 is 1.64 bits per heavy atom. The summed E-state index contributed by atoms with van der Waals surface area (Å²) in [6, 6.07) is 16.0. The number of phenolic OH excluding ortho intramolecular Hbond substituents is 1. The van der Waals surface area contributed by atoms with Crippen molar-refractivity contribution < 1.29 is 10.0 Å². The van der Waals surface area contributed by atoms with Gasteiger partial charge < -0.3 is 10.0 Å². The molecule has 0 spiro atoms. The molecule has 3 heteroatoms. The van der Waals surface area contributed by atoms with Crippen LogP contribution in [0.1, 0.15) is 29.5 Å². The van der Waals surface area contributed by atoms with E-state index < -0.39 is 0 Å². The molecule has 0 bridgehead atoms. The number of aromatic hydroxyl groups is 1. The second kappa shape index (κ2) is 7.23. The zero-order valence-corrected chi connectivity index (χ0v) is 12.8. The van der Waals surface area contributed by atoms with Gasteiger partial charge in [0.1, 0.15) is 12.3 Å². The van der Waals surface area contributed by atoms with Crippen LogP contribution in [0, 0.1) is 0 Å². The Balaban J connectivity index is 1.55. The molecule has 0 aromatic heterocycles. The molecule has 1 aliphatic rings. The molecule has 2 aromatic rings. The third-order valence-electron chi connectivity index (χ3n) is 4.23. The van der Waals surface area contributed by atoms with E-state index in [0.717, 1.165) is 12.1 Å². The zero-order chi connectivity index (χ0) is 15.2. The summed E-state index contributed by atoms with van der Waals surface area (Å²) in [6.45, 7) is 4.41. The van der Waals surface area contributed by atoms with Crippen LogP contribution in [0.25, 0.3) is 0 Å². The highest BCUT2D eigenvalue weighted by Gasteiger charge is 2.15. The average Bonchev–Trinajstić information content (AvgIpc) is 3.04.